The Morgan fingerprint density at radius 3 is 2.58 bits per heavy atom. The summed E-state index contributed by atoms with van der Waals surface area (Å²) in [5.74, 6) is 1.82. The van der Waals surface area contributed by atoms with Crippen LogP contribution in [0.25, 0.3) is 0 Å². The van der Waals surface area contributed by atoms with Crippen LogP contribution in [0.3, 0.4) is 0 Å². The number of hydrogen-bond acceptors (Lipinski definition) is 3. The lowest BCUT2D eigenvalue weighted by molar-refractivity contribution is 0.171. The minimum atomic E-state index is 0.205. The van der Waals surface area contributed by atoms with Crippen molar-refractivity contribution in [3.63, 3.8) is 0 Å². The molecule has 1 unspecified atom stereocenters. The Morgan fingerprint density at radius 1 is 1.21 bits per heavy atom. The SMILES string of the molecule is CCCNC1CC(C)(C)c2cc3c(cc21)OCCO3. The summed E-state index contributed by atoms with van der Waals surface area (Å²) < 4.78 is 11.4. The standard InChI is InChI=1S/C16H23NO2/c1-4-5-17-13-10-16(2,3)12-9-15-14(8-11(12)13)18-6-7-19-15/h8-9,13,17H,4-7,10H2,1-3H3. The Kier molecular flexibility index (Phi) is 3.17. The average Bonchev–Trinajstić information content (AvgIpc) is 2.65. The molecule has 1 N–H and O–H groups in total. The van der Waals surface area contributed by atoms with Gasteiger partial charge >= 0.3 is 0 Å². The van der Waals surface area contributed by atoms with E-state index in [1.807, 2.05) is 0 Å². The fraction of sp³-hybridized carbons (Fsp3) is 0.625. The first-order valence-electron chi connectivity index (χ1n) is 7.29. The van der Waals surface area contributed by atoms with Gasteiger partial charge in [-0.1, -0.05) is 20.8 Å². The normalized spacial score (nSPS) is 23.2. The molecular formula is C16H23NO2. The molecule has 0 aromatic heterocycles. The molecule has 1 aromatic rings. The minimum absolute atomic E-state index is 0.205. The monoisotopic (exact) mass is 261 g/mol. The van der Waals surface area contributed by atoms with Gasteiger partial charge in [-0.3, -0.25) is 0 Å². The van der Waals surface area contributed by atoms with Crippen LogP contribution in [0.15, 0.2) is 12.1 Å². The number of fused-ring (bicyclic) bond motifs is 2. The summed E-state index contributed by atoms with van der Waals surface area (Å²) in [5, 5.41) is 3.65. The molecule has 1 aliphatic heterocycles. The second kappa shape index (κ2) is 4.71. The van der Waals surface area contributed by atoms with Crippen LogP contribution in [0, 0.1) is 0 Å². The van der Waals surface area contributed by atoms with Crippen LogP contribution in [-0.4, -0.2) is 19.8 Å². The van der Waals surface area contributed by atoms with Crippen LogP contribution in [0.2, 0.25) is 0 Å². The van der Waals surface area contributed by atoms with Gasteiger partial charge in [-0.25, -0.2) is 0 Å². The van der Waals surface area contributed by atoms with E-state index in [0.717, 1.165) is 30.9 Å². The van der Waals surface area contributed by atoms with E-state index < -0.39 is 0 Å². The van der Waals surface area contributed by atoms with Crippen LogP contribution >= 0.6 is 0 Å². The first-order chi connectivity index (χ1) is 9.12. The van der Waals surface area contributed by atoms with E-state index in [-0.39, 0.29) is 5.41 Å². The highest BCUT2D eigenvalue weighted by molar-refractivity contribution is 5.53. The van der Waals surface area contributed by atoms with Crippen LogP contribution in [0.4, 0.5) is 0 Å². The second-order valence-corrected chi connectivity index (χ2v) is 6.18. The lowest BCUT2D eigenvalue weighted by atomic mass is 9.86. The van der Waals surface area contributed by atoms with Gasteiger partial charge in [-0.15, -0.1) is 0 Å². The molecule has 104 valence electrons. The van der Waals surface area contributed by atoms with Gasteiger partial charge in [-0.2, -0.15) is 0 Å². The maximum Gasteiger partial charge on any atom is 0.161 e. The molecule has 0 saturated heterocycles. The molecule has 3 rings (SSSR count). The largest absolute Gasteiger partial charge is 0.486 e. The van der Waals surface area contributed by atoms with Gasteiger partial charge in [0.05, 0.1) is 0 Å². The van der Waals surface area contributed by atoms with Gasteiger partial charge in [0.2, 0.25) is 0 Å². The van der Waals surface area contributed by atoms with Gasteiger partial charge in [0, 0.05) is 6.04 Å². The summed E-state index contributed by atoms with van der Waals surface area (Å²) in [5.41, 5.74) is 3.00. The first kappa shape index (κ1) is 12.8. The van der Waals surface area contributed by atoms with E-state index in [2.05, 4.69) is 38.2 Å². The molecule has 0 radical (unpaired) electrons. The predicted octanol–water partition coefficient (Wildman–Crippen LogP) is 3.18. The molecule has 19 heavy (non-hydrogen) atoms. The van der Waals surface area contributed by atoms with Crippen LogP contribution < -0.4 is 14.8 Å². The Bertz CT molecular complexity index is 482. The minimum Gasteiger partial charge on any atom is -0.486 e. The summed E-state index contributed by atoms with van der Waals surface area (Å²) in [6.45, 7) is 9.21. The van der Waals surface area contributed by atoms with E-state index in [9.17, 15) is 0 Å². The zero-order valence-electron chi connectivity index (χ0n) is 12.1. The average molecular weight is 261 g/mol. The molecular weight excluding hydrogens is 238 g/mol. The molecule has 0 saturated carbocycles. The van der Waals surface area contributed by atoms with Crippen molar-refractivity contribution in [1.29, 1.82) is 0 Å². The summed E-state index contributed by atoms with van der Waals surface area (Å²) in [4.78, 5) is 0. The highest BCUT2D eigenvalue weighted by Crippen LogP contribution is 2.48. The zero-order chi connectivity index (χ0) is 13.5. The highest BCUT2D eigenvalue weighted by Gasteiger charge is 2.38. The third-order valence-electron chi connectivity index (χ3n) is 4.17. The van der Waals surface area contributed by atoms with E-state index in [1.54, 1.807) is 0 Å². The molecule has 3 nitrogen and oxygen atoms in total. The number of nitrogens with one attached hydrogen (secondary N) is 1. The summed E-state index contributed by atoms with van der Waals surface area (Å²) >= 11 is 0. The van der Waals surface area contributed by atoms with Crippen LogP contribution in [0.5, 0.6) is 11.5 Å². The molecule has 3 heteroatoms. The van der Waals surface area contributed by atoms with Gasteiger partial charge in [0.1, 0.15) is 13.2 Å². The van der Waals surface area contributed by atoms with Gasteiger partial charge in [0.15, 0.2) is 11.5 Å². The maximum atomic E-state index is 5.72. The Morgan fingerprint density at radius 2 is 1.89 bits per heavy atom. The van der Waals surface area contributed by atoms with Crippen molar-refractivity contribution in [2.75, 3.05) is 19.8 Å². The fourth-order valence-corrected chi connectivity index (χ4v) is 3.21. The van der Waals surface area contributed by atoms with E-state index in [1.165, 1.54) is 11.1 Å². The topological polar surface area (TPSA) is 30.5 Å². The van der Waals surface area contributed by atoms with Gasteiger partial charge in [-0.05, 0) is 48.1 Å². The van der Waals surface area contributed by atoms with E-state index >= 15 is 0 Å². The van der Waals surface area contributed by atoms with Crippen LogP contribution in [0.1, 0.15) is 50.8 Å². The van der Waals surface area contributed by atoms with Gasteiger partial charge < -0.3 is 14.8 Å². The summed E-state index contributed by atoms with van der Waals surface area (Å²) in [6, 6.07) is 4.82. The molecule has 0 spiro atoms. The molecule has 1 heterocycles. The van der Waals surface area contributed by atoms with Crippen molar-refractivity contribution in [3.05, 3.63) is 23.3 Å². The van der Waals surface area contributed by atoms with Crippen molar-refractivity contribution in [2.45, 2.75) is 45.1 Å². The highest BCUT2D eigenvalue weighted by atomic mass is 16.6. The lowest BCUT2D eigenvalue weighted by Gasteiger charge is -2.23. The van der Waals surface area contributed by atoms with Crippen molar-refractivity contribution in [2.24, 2.45) is 0 Å². The number of rotatable bonds is 3. The third kappa shape index (κ3) is 2.20. The first-order valence-corrected chi connectivity index (χ1v) is 7.29. The maximum absolute atomic E-state index is 5.72. The zero-order valence-corrected chi connectivity index (χ0v) is 12.1. The van der Waals surface area contributed by atoms with Crippen molar-refractivity contribution in [1.82, 2.24) is 5.32 Å². The molecule has 2 aliphatic rings. The molecule has 1 atom stereocenters. The summed E-state index contributed by atoms with van der Waals surface area (Å²) in [6.07, 6.45) is 2.31. The van der Waals surface area contributed by atoms with Gasteiger partial charge in [0.25, 0.3) is 0 Å². The van der Waals surface area contributed by atoms with E-state index in [4.69, 9.17) is 9.47 Å². The van der Waals surface area contributed by atoms with E-state index in [0.29, 0.717) is 19.3 Å². The van der Waals surface area contributed by atoms with Crippen molar-refractivity contribution < 1.29 is 9.47 Å². The van der Waals surface area contributed by atoms with Crippen molar-refractivity contribution in [3.8, 4) is 11.5 Å². The number of benzene rings is 1. The lowest BCUT2D eigenvalue weighted by Crippen LogP contribution is -2.22. The predicted molar refractivity (Wildman–Crippen MR) is 76.1 cm³/mol. The number of ether oxygens (including phenoxy) is 2. The Hall–Kier alpha value is -1.22. The summed E-state index contributed by atoms with van der Waals surface area (Å²) in [7, 11) is 0. The second-order valence-electron chi connectivity index (χ2n) is 6.18. The third-order valence-corrected chi connectivity index (χ3v) is 4.17. The molecule has 0 amide bonds. The Labute approximate surface area is 115 Å². The quantitative estimate of drug-likeness (QED) is 0.906. The fourth-order valence-electron chi connectivity index (χ4n) is 3.21. The molecule has 0 fully saturated rings. The Balaban J connectivity index is 1.99. The number of hydrogen-bond donors (Lipinski definition) is 1. The smallest absolute Gasteiger partial charge is 0.161 e. The molecule has 1 aromatic carbocycles. The van der Waals surface area contributed by atoms with Crippen LogP contribution in [-0.2, 0) is 5.41 Å². The molecule has 0 bridgehead atoms. The molecule has 1 aliphatic carbocycles. The van der Waals surface area contributed by atoms with Crippen molar-refractivity contribution >= 4 is 0 Å².